The molecule has 0 aliphatic carbocycles. The van der Waals surface area contributed by atoms with Crippen LogP contribution >= 0.6 is 0 Å². The zero-order valence-electron chi connectivity index (χ0n) is 18.3. The first kappa shape index (κ1) is 21.1. The first-order valence-electron chi connectivity index (χ1n) is 10.6. The second-order valence-electron chi connectivity index (χ2n) is 7.85. The van der Waals surface area contributed by atoms with E-state index in [1.165, 1.54) is 10.8 Å². The van der Waals surface area contributed by atoms with E-state index in [-0.39, 0.29) is 12.3 Å². The van der Waals surface area contributed by atoms with Crippen LogP contribution in [0.4, 0.5) is 0 Å². The SMILES string of the molecule is Cc1ccc(-n2nc3c4cc(/C=C/C(=O)OCc5ccccc5)ccc4[nH]c(=O)n3c2=O)cc1. The van der Waals surface area contributed by atoms with Gasteiger partial charge in [-0.3, -0.25) is 0 Å². The number of H-pyrrole nitrogens is 1. The van der Waals surface area contributed by atoms with E-state index in [9.17, 15) is 14.4 Å². The third-order valence-corrected chi connectivity index (χ3v) is 5.42. The molecule has 0 unspecified atom stereocenters. The number of benzene rings is 3. The van der Waals surface area contributed by atoms with Crippen LogP contribution in [0.1, 0.15) is 16.7 Å². The van der Waals surface area contributed by atoms with Crippen molar-refractivity contribution in [3.63, 3.8) is 0 Å². The highest BCUT2D eigenvalue weighted by Gasteiger charge is 2.15. The molecule has 0 saturated heterocycles. The molecular weight excluding hydrogens is 432 g/mol. The number of fused-ring (bicyclic) bond motifs is 3. The number of rotatable bonds is 5. The number of aromatic amines is 1. The molecule has 3 aromatic carbocycles. The summed E-state index contributed by atoms with van der Waals surface area (Å²) in [4.78, 5) is 40.4. The van der Waals surface area contributed by atoms with Crippen molar-refractivity contribution in [2.75, 3.05) is 0 Å². The Balaban J connectivity index is 1.49. The molecule has 0 saturated carbocycles. The van der Waals surface area contributed by atoms with Gasteiger partial charge < -0.3 is 9.72 Å². The lowest BCUT2D eigenvalue weighted by molar-refractivity contribution is -0.138. The number of carbonyl (C=O) groups excluding carboxylic acids is 1. The summed E-state index contributed by atoms with van der Waals surface area (Å²) in [5.41, 5.74) is 2.82. The van der Waals surface area contributed by atoms with Crippen molar-refractivity contribution in [3.8, 4) is 5.69 Å². The van der Waals surface area contributed by atoms with Gasteiger partial charge in [0.25, 0.3) is 0 Å². The molecule has 2 aromatic heterocycles. The molecule has 2 heterocycles. The zero-order chi connectivity index (χ0) is 23.7. The van der Waals surface area contributed by atoms with Gasteiger partial charge in [0.1, 0.15) is 6.61 Å². The predicted molar refractivity (Wildman–Crippen MR) is 129 cm³/mol. The Morgan fingerprint density at radius 1 is 1.03 bits per heavy atom. The molecule has 0 spiro atoms. The van der Waals surface area contributed by atoms with E-state index in [2.05, 4.69) is 10.1 Å². The first-order valence-corrected chi connectivity index (χ1v) is 10.6. The Labute approximate surface area is 193 Å². The summed E-state index contributed by atoms with van der Waals surface area (Å²) in [6.07, 6.45) is 2.95. The van der Waals surface area contributed by atoms with Gasteiger partial charge in [0.2, 0.25) is 0 Å². The maximum atomic E-state index is 12.9. The summed E-state index contributed by atoms with van der Waals surface area (Å²) in [5.74, 6) is -0.476. The largest absolute Gasteiger partial charge is 0.458 e. The molecule has 0 fully saturated rings. The number of hydrogen-bond acceptors (Lipinski definition) is 5. The van der Waals surface area contributed by atoms with Gasteiger partial charge >= 0.3 is 17.3 Å². The van der Waals surface area contributed by atoms with E-state index in [4.69, 9.17) is 4.74 Å². The minimum Gasteiger partial charge on any atom is -0.458 e. The van der Waals surface area contributed by atoms with E-state index in [0.717, 1.165) is 15.5 Å². The van der Waals surface area contributed by atoms with Crippen LogP contribution in [0.3, 0.4) is 0 Å². The van der Waals surface area contributed by atoms with Crippen molar-refractivity contribution in [2.24, 2.45) is 0 Å². The highest BCUT2D eigenvalue weighted by molar-refractivity contribution is 5.94. The van der Waals surface area contributed by atoms with Gasteiger partial charge in [-0.2, -0.15) is 9.08 Å². The zero-order valence-corrected chi connectivity index (χ0v) is 18.3. The third-order valence-electron chi connectivity index (χ3n) is 5.42. The second-order valence-corrected chi connectivity index (χ2v) is 7.85. The lowest BCUT2D eigenvalue weighted by Crippen LogP contribution is -2.29. The van der Waals surface area contributed by atoms with E-state index < -0.39 is 17.3 Å². The minimum atomic E-state index is -0.571. The van der Waals surface area contributed by atoms with E-state index in [1.54, 1.807) is 36.4 Å². The van der Waals surface area contributed by atoms with Gasteiger partial charge in [0.05, 0.1) is 11.2 Å². The Bertz CT molecular complexity index is 1660. The first-order chi connectivity index (χ1) is 16.5. The summed E-state index contributed by atoms with van der Waals surface area (Å²) in [7, 11) is 0. The average Bonchev–Trinajstić information content (AvgIpc) is 3.21. The van der Waals surface area contributed by atoms with Crippen molar-refractivity contribution in [2.45, 2.75) is 13.5 Å². The fraction of sp³-hybridized carbons (Fsp3) is 0.0769. The van der Waals surface area contributed by atoms with Gasteiger partial charge in [-0.1, -0.05) is 54.1 Å². The van der Waals surface area contributed by atoms with Crippen LogP contribution in [-0.4, -0.2) is 25.1 Å². The third kappa shape index (κ3) is 4.04. The van der Waals surface area contributed by atoms with Crippen LogP contribution in [0, 0.1) is 6.92 Å². The highest BCUT2D eigenvalue weighted by Crippen LogP contribution is 2.18. The quantitative estimate of drug-likeness (QED) is 0.326. The Morgan fingerprint density at radius 3 is 2.56 bits per heavy atom. The smallest absolute Gasteiger partial charge is 0.359 e. The summed E-state index contributed by atoms with van der Waals surface area (Å²) in [6, 6.07) is 21.9. The average molecular weight is 452 g/mol. The van der Waals surface area contributed by atoms with Gasteiger partial charge in [-0.05, 0) is 48.4 Å². The molecule has 0 aliphatic rings. The Hall–Kier alpha value is -4.72. The minimum absolute atomic E-state index is 0.183. The molecule has 8 nitrogen and oxygen atoms in total. The van der Waals surface area contributed by atoms with Crippen molar-refractivity contribution in [3.05, 3.63) is 117 Å². The Kier molecular flexibility index (Phi) is 5.39. The van der Waals surface area contributed by atoms with E-state index in [0.29, 0.717) is 22.2 Å². The van der Waals surface area contributed by atoms with Crippen molar-refractivity contribution < 1.29 is 9.53 Å². The lowest BCUT2D eigenvalue weighted by Gasteiger charge is -2.02. The van der Waals surface area contributed by atoms with Gasteiger partial charge in [0.15, 0.2) is 5.65 Å². The molecule has 5 rings (SSSR count). The molecule has 0 bridgehead atoms. The monoisotopic (exact) mass is 452 g/mol. The summed E-state index contributed by atoms with van der Waals surface area (Å²) in [5, 5.41) is 5.00. The van der Waals surface area contributed by atoms with Gasteiger partial charge in [-0.25, -0.2) is 14.4 Å². The molecule has 168 valence electrons. The molecule has 34 heavy (non-hydrogen) atoms. The van der Waals surface area contributed by atoms with Crippen molar-refractivity contribution in [1.29, 1.82) is 0 Å². The van der Waals surface area contributed by atoms with E-state index in [1.807, 2.05) is 49.4 Å². The predicted octanol–water partition coefficient (Wildman–Crippen LogP) is 3.39. The van der Waals surface area contributed by atoms with Crippen LogP contribution in [0.15, 0.2) is 88.5 Å². The van der Waals surface area contributed by atoms with Gasteiger partial charge in [0, 0.05) is 11.5 Å². The molecule has 0 radical (unpaired) electrons. The van der Waals surface area contributed by atoms with Crippen molar-refractivity contribution >= 4 is 28.6 Å². The molecular formula is C26H20N4O4. The molecule has 5 aromatic rings. The lowest BCUT2D eigenvalue weighted by atomic mass is 10.1. The van der Waals surface area contributed by atoms with Crippen LogP contribution in [-0.2, 0) is 16.1 Å². The van der Waals surface area contributed by atoms with Crippen LogP contribution in [0.2, 0.25) is 0 Å². The maximum Gasteiger partial charge on any atom is 0.359 e. The number of nitrogens with one attached hydrogen (secondary N) is 1. The normalized spacial score (nSPS) is 11.4. The summed E-state index contributed by atoms with van der Waals surface area (Å²) in [6.45, 7) is 2.13. The van der Waals surface area contributed by atoms with E-state index >= 15 is 0 Å². The number of carbonyl (C=O) groups is 1. The number of nitrogens with zero attached hydrogens (tertiary/aromatic N) is 3. The number of esters is 1. The molecule has 1 N–H and O–H groups in total. The highest BCUT2D eigenvalue weighted by atomic mass is 16.5. The van der Waals surface area contributed by atoms with Gasteiger partial charge in [-0.15, -0.1) is 5.10 Å². The van der Waals surface area contributed by atoms with Crippen LogP contribution in [0.5, 0.6) is 0 Å². The fourth-order valence-corrected chi connectivity index (χ4v) is 3.65. The summed E-state index contributed by atoms with van der Waals surface area (Å²) < 4.78 is 7.47. The number of aromatic nitrogens is 4. The number of hydrogen-bond donors (Lipinski definition) is 1. The molecule has 0 amide bonds. The van der Waals surface area contributed by atoms with Crippen molar-refractivity contribution in [1.82, 2.24) is 19.2 Å². The second kappa shape index (κ2) is 8.67. The standard InChI is InChI=1S/C26H20N4O4/c1-17-7-11-20(12-8-17)30-26(33)29-24(28-30)21-15-18(9-13-22(21)27-25(29)32)10-14-23(31)34-16-19-5-3-2-4-6-19/h2-15H,16H2,1H3,(H,27,32)/b14-10+. The van der Waals surface area contributed by atoms with Crippen LogP contribution < -0.4 is 11.4 Å². The fourth-order valence-electron chi connectivity index (χ4n) is 3.65. The number of aryl methyl sites for hydroxylation is 1. The Morgan fingerprint density at radius 2 is 1.79 bits per heavy atom. The maximum absolute atomic E-state index is 12.9. The summed E-state index contributed by atoms with van der Waals surface area (Å²) >= 11 is 0. The number of ether oxygens (including phenoxy) is 1. The molecule has 0 aliphatic heterocycles. The topological polar surface area (TPSA) is 98.5 Å². The molecule has 0 atom stereocenters. The molecule has 8 heteroatoms. The van der Waals surface area contributed by atoms with Crippen LogP contribution in [0.25, 0.3) is 28.3 Å².